The van der Waals surface area contributed by atoms with Gasteiger partial charge in [0.25, 0.3) is 0 Å². The van der Waals surface area contributed by atoms with Crippen molar-refractivity contribution in [3.63, 3.8) is 0 Å². The Morgan fingerprint density at radius 1 is 1.26 bits per heavy atom. The molecule has 0 unspecified atom stereocenters. The predicted molar refractivity (Wildman–Crippen MR) is 68.0 cm³/mol. The van der Waals surface area contributed by atoms with Crippen molar-refractivity contribution in [3.05, 3.63) is 59.7 Å². The van der Waals surface area contributed by atoms with E-state index < -0.39 is 5.97 Å². The molecule has 2 heterocycles. The molecule has 0 atom stereocenters. The number of nitrogens with zero attached hydrogens (tertiary/aromatic N) is 2. The van der Waals surface area contributed by atoms with Gasteiger partial charge in [-0.2, -0.15) is 0 Å². The fourth-order valence-electron chi connectivity index (χ4n) is 1.92. The lowest BCUT2D eigenvalue weighted by Gasteiger charge is -1.95. The Morgan fingerprint density at radius 3 is 2.89 bits per heavy atom. The Kier molecular flexibility index (Phi) is 2.72. The fourth-order valence-corrected chi connectivity index (χ4v) is 1.92. The molecule has 0 aliphatic carbocycles. The minimum absolute atomic E-state index is 0.127. The highest BCUT2D eigenvalue weighted by atomic mass is 16.4. The third-order valence-corrected chi connectivity index (χ3v) is 2.77. The SMILES string of the molecule is O=C(O)c1cccc2nc(Cc3cccnc3)oc12. The number of pyridine rings is 1. The van der Waals surface area contributed by atoms with Gasteiger partial charge in [0.2, 0.25) is 0 Å². The van der Waals surface area contributed by atoms with Gasteiger partial charge in [-0.25, -0.2) is 9.78 Å². The number of hydrogen-bond donors (Lipinski definition) is 1. The van der Waals surface area contributed by atoms with Gasteiger partial charge in [0, 0.05) is 12.4 Å². The molecule has 5 heteroatoms. The van der Waals surface area contributed by atoms with Crippen molar-refractivity contribution in [2.24, 2.45) is 0 Å². The number of carboxylic acid groups (broad SMARTS) is 1. The molecule has 0 spiro atoms. The maximum Gasteiger partial charge on any atom is 0.339 e. The minimum Gasteiger partial charge on any atom is -0.478 e. The molecule has 19 heavy (non-hydrogen) atoms. The Hall–Kier alpha value is -2.69. The first-order valence-corrected chi connectivity index (χ1v) is 5.74. The first-order chi connectivity index (χ1) is 9.24. The highest BCUT2D eigenvalue weighted by Gasteiger charge is 2.14. The molecule has 3 rings (SSSR count). The number of aromatic nitrogens is 2. The van der Waals surface area contributed by atoms with Crippen molar-refractivity contribution in [2.75, 3.05) is 0 Å². The zero-order valence-electron chi connectivity index (χ0n) is 9.91. The zero-order valence-corrected chi connectivity index (χ0v) is 9.91. The fraction of sp³-hybridized carbons (Fsp3) is 0.0714. The monoisotopic (exact) mass is 254 g/mol. The van der Waals surface area contributed by atoms with Gasteiger partial charge in [-0.1, -0.05) is 12.1 Å². The van der Waals surface area contributed by atoms with Gasteiger partial charge in [-0.3, -0.25) is 4.98 Å². The molecule has 0 aliphatic rings. The molecule has 0 aliphatic heterocycles. The molecular weight excluding hydrogens is 244 g/mol. The molecule has 3 aromatic rings. The number of carbonyl (C=O) groups is 1. The number of oxazole rings is 1. The summed E-state index contributed by atoms with van der Waals surface area (Å²) in [4.78, 5) is 19.4. The Labute approximate surface area is 108 Å². The van der Waals surface area contributed by atoms with Gasteiger partial charge >= 0.3 is 5.97 Å². The number of benzene rings is 1. The van der Waals surface area contributed by atoms with E-state index in [0.717, 1.165) is 5.56 Å². The van der Waals surface area contributed by atoms with Gasteiger partial charge < -0.3 is 9.52 Å². The summed E-state index contributed by atoms with van der Waals surface area (Å²) in [6, 6.07) is 8.64. The first-order valence-electron chi connectivity index (χ1n) is 5.74. The molecule has 0 bridgehead atoms. The smallest absolute Gasteiger partial charge is 0.339 e. The normalized spacial score (nSPS) is 10.7. The van der Waals surface area contributed by atoms with E-state index in [0.29, 0.717) is 23.4 Å². The summed E-state index contributed by atoms with van der Waals surface area (Å²) >= 11 is 0. The van der Waals surface area contributed by atoms with Gasteiger partial charge in [-0.15, -0.1) is 0 Å². The predicted octanol–water partition coefficient (Wildman–Crippen LogP) is 2.51. The van der Waals surface area contributed by atoms with Crippen LogP contribution in [0.2, 0.25) is 0 Å². The molecule has 0 saturated heterocycles. The van der Waals surface area contributed by atoms with Crippen molar-refractivity contribution in [3.8, 4) is 0 Å². The van der Waals surface area contributed by atoms with Crippen molar-refractivity contribution in [2.45, 2.75) is 6.42 Å². The number of fused-ring (bicyclic) bond motifs is 1. The first kappa shape index (κ1) is 11.4. The Balaban J connectivity index is 2.03. The van der Waals surface area contributed by atoms with Crippen molar-refractivity contribution >= 4 is 17.1 Å². The number of carboxylic acids is 1. The molecule has 5 nitrogen and oxygen atoms in total. The van der Waals surface area contributed by atoms with Gasteiger partial charge in [0.05, 0.1) is 6.42 Å². The minimum atomic E-state index is -1.02. The molecule has 1 aromatic carbocycles. The summed E-state index contributed by atoms with van der Waals surface area (Å²) in [5, 5.41) is 9.08. The molecule has 2 aromatic heterocycles. The third-order valence-electron chi connectivity index (χ3n) is 2.77. The van der Waals surface area contributed by atoms with E-state index in [9.17, 15) is 4.79 Å². The summed E-state index contributed by atoms with van der Waals surface area (Å²) in [6.07, 6.45) is 3.91. The lowest BCUT2D eigenvalue weighted by molar-refractivity contribution is 0.0698. The van der Waals surface area contributed by atoms with E-state index in [-0.39, 0.29) is 5.56 Å². The summed E-state index contributed by atoms with van der Waals surface area (Å²) < 4.78 is 5.54. The summed E-state index contributed by atoms with van der Waals surface area (Å²) in [5.41, 5.74) is 1.96. The summed E-state index contributed by atoms with van der Waals surface area (Å²) in [6.45, 7) is 0. The van der Waals surface area contributed by atoms with Crippen LogP contribution < -0.4 is 0 Å². The number of hydrogen-bond acceptors (Lipinski definition) is 4. The van der Waals surface area contributed by atoms with Gasteiger partial charge in [0.1, 0.15) is 11.1 Å². The lowest BCUT2D eigenvalue weighted by Crippen LogP contribution is -1.95. The van der Waals surface area contributed by atoms with Gasteiger partial charge in [0.15, 0.2) is 11.5 Å². The second-order valence-corrected chi connectivity index (χ2v) is 4.10. The highest BCUT2D eigenvalue weighted by molar-refractivity contribution is 5.99. The van der Waals surface area contributed by atoms with Crippen molar-refractivity contribution in [1.82, 2.24) is 9.97 Å². The molecule has 0 radical (unpaired) electrons. The standard InChI is InChI=1S/C14H10N2O3/c17-14(18)10-4-1-5-11-13(10)19-12(16-11)7-9-3-2-6-15-8-9/h1-6,8H,7H2,(H,17,18). The molecule has 0 saturated carbocycles. The zero-order chi connectivity index (χ0) is 13.2. The Morgan fingerprint density at radius 2 is 2.16 bits per heavy atom. The average Bonchev–Trinajstić information content (AvgIpc) is 2.81. The maximum atomic E-state index is 11.1. The van der Waals surface area contributed by atoms with Crippen LogP contribution in [-0.2, 0) is 6.42 Å². The van der Waals surface area contributed by atoms with E-state index in [2.05, 4.69) is 9.97 Å². The van der Waals surface area contributed by atoms with Crippen molar-refractivity contribution < 1.29 is 14.3 Å². The topological polar surface area (TPSA) is 76.2 Å². The Bertz CT molecular complexity index is 735. The van der Waals surface area contributed by atoms with Gasteiger partial charge in [-0.05, 0) is 23.8 Å². The maximum absolute atomic E-state index is 11.1. The van der Waals surface area contributed by atoms with Crippen LogP contribution in [0.4, 0.5) is 0 Å². The van der Waals surface area contributed by atoms with Crippen LogP contribution in [0.1, 0.15) is 21.8 Å². The van der Waals surface area contributed by atoms with E-state index in [4.69, 9.17) is 9.52 Å². The van der Waals surface area contributed by atoms with Crippen LogP contribution in [-0.4, -0.2) is 21.0 Å². The molecular formula is C14H10N2O3. The van der Waals surface area contributed by atoms with Crippen LogP contribution in [0.3, 0.4) is 0 Å². The van der Waals surface area contributed by atoms with E-state index in [1.165, 1.54) is 6.07 Å². The molecule has 94 valence electrons. The third kappa shape index (κ3) is 2.18. The van der Waals surface area contributed by atoms with Crippen LogP contribution in [0.5, 0.6) is 0 Å². The highest BCUT2D eigenvalue weighted by Crippen LogP contribution is 2.21. The second-order valence-electron chi connectivity index (χ2n) is 4.10. The number of rotatable bonds is 3. The van der Waals surface area contributed by atoms with E-state index in [1.807, 2.05) is 12.1 Å². The molecule has 1 N–H and O–H groups in total. The van der Waals surface area contributed by atoms with Crippen LogP contribution in [0.25, 0.3) is 11.1 Å². The number of aromatic carboxylic acids is 1. The molecule has 0 amide bonds. The van der Waals surface area contributed by atoms with E-state index >= 15 is 0 Å². The van der Waals surface area contributed by atoms with E-state index in [1.54, 1.807) is 24.5 Å². The van der Waals surface area contributed by atoms with Crippen LogP contribution in [0.15, 0.2) is 47.1 Å². The second kappa shape index (κ2) is 4.53. The number of para-hydroxylation sites is 1. The summed E-state index contributed by atoms with van der Waals surface area (Å²) in [5.74, 6) is -0.536. The van der Waals surface area contributed by atoms with Crippen molar-refractivity contribution in [1.29, 1.82) is 0 Å². The lowest BCUT2D eigenvalue weighted by atomic mass is 10.2. The summed E-state index contributed by atoms with van der Waals surface area (Å²) in [7, 11) is 0. The van der Waals surface area contributed by atoms with Crippen LogP contribution >= 0.6 is 0 Å². The average molecular weight is 254 g/mol. The molecule has 0 fully saturated rings. The quantitative estimate of drug-likeness (QED) is 0.777. The van der Waals surface area contributed by atoms with Crippen LogP contribution in [0, 0.1) is 0 Å². The largest absolute Gasteiger partial charge is 0.478 e.